The van der Waals surface area contributed by atoms with Gasteiger partial charge in [-0.25, -0.2) is 4.98 Å². The van der Waals surface area contributed by atoms with Crippen molar-refractivity contribution < 1.29 is 14.3 Å². The third kappa shape index (κ3) is 4.49. The van der Waals surface area contributed by atoms with E-state index in [0.717, 1.165) is 57.8 Å². The van der Waals surface area contributed by atoms with Crippen LogP contribution in [-0.4, -0.2) is 61.1 Å². The van der Waals surface area contributed by atoms with Gasteiger partial charge in [0.15, 0.2) is 5.13 Å². The Labute approximate surface area is 139 Å². The molecule has 1 aliphatic heterocycles. The Balaban J connectivity index is 1.42. The first kappa shape index (κ1) is 16.4. The molecule has 1 aromatic rings. The van der Waals surface area contributed by atoms with Crippen LogP contribution in [-0.2, 0) is 27.2 Å². The fourth-order valence-corrected chi connectivity index (χ4v) is 3.84. The third-order valence-electron chi connectivity index (χ3n) is 4.09. The molecule has 2 aliphatic rings. The molecule has 1 aliphatic carbocycles. The van der Waals surface area contributed by atoms with Gasteiger partial charge in [0.05, 0.1) is 18.9 Å². The van der Waals surface area contributed by atoms with Crippen LogP contribution in [0, 0.1) is 0 Å². The van der Waals surface area contributed by atoms with Gasteiger partial charge >= 0.3 is 11.8 Å². The number of anilines is 1. The fraction of sp³-hybridized carbons (Fsp3) is 0.667. The summed E-state index contributed by atoms with van der Waals surface area (Å²) in [5.74, 6) is -1.25. The molecule has 2 N–H and O–H groups in total. The van der Waals surface area contributed by atoms with Gasteiger partial charge in [0.1, 0.15) is 0 Å². The van der Waals surface area contributed by atoms with Crippen LogP contribution in [0.3, 0.4) is 0 Å². The molecule has 1 aromatic heterocycles. The first-order valence-electron chi connectivity index (χ1n) is 8.10. The highest BCUT2D eigenvalue weighted by Crippen LogP contribution is 2.29. The van der Waals surface area contributed by atoms with Gasteiger partial charge in [0.25, 0.3) is 0 Å². The number of hydrogen-bond donors (Lipinski definition) is 2. The topological polar surface area (TPSA) is 83.6 Å². The van der Waals surface area contributed by atoms with Gasteiger partial charge in [-0.15, -0.1) is 11.3 Å². The molecule has 8 heteroatoms. The summed E-state index contributed by atoms with van der Waals surface area (Å²) in [5.41, 5.74) is 1.07. The first-order valence-corrected chi connectivity index (χ1v) is 8.92. The molecule has 0 atom stereocenters. The van der Waals surface area contributed by atoms with E-state index in [1.54, 1.807) is 0 Å². The van der Waals surface area contributed by atoms with Crippen LogP contribution in [0.25, 0.3) is 0 Å². The zero-order valence-corrected chi connectivity index (χ0v) is 13.9. The quantitative estimate of drug-likeness (QED) is 0.777. The molecule has 2 amide bonds. The number of morpholine rings is 1. The number of carbonyl (C=O) groups is 2. The number of fused-ring (bicyclic) bond motifs is 1. The smallest absolute Gasteiger partial charge is 0.315 e. The molecule has 23 heavy (non-hydrogen) atoms. The Kier molecular flexibility index (Phi) is 5.58. The number of amides is 2. The van der Waals surface area contributed by atoms with E-state index in [9.17, 15) is 9.59 Å². The average Bonchev–Trinajstić information content (AvgIpc) is 2.98. The maximum Gasteiger partial charge on any atom is 0.315 e. The number of ether oxygens (including phenoxy) is 1. The zero-order valence-electron chi connectivity index (χ0n) is 13.1. The molecule has 7 nitrogen and oxygen atoms in total. The van der Waals surface area contributed by atoms with Crippen LogP contribution in [0.2, 0.25) is 0 Å². The highest BCUT2D eigenvalue weighted by Gasteiger charge is 2.19. The summed E-state index contributed by atoms with van der Waals surface area (Å²) in [6, 6.07) is 0. The van der Waals surface area contributed by atoms with Crippen molar-refractivity contribution in [2.75, 3.05) is 44.7 Å². The van der Waals surface area contributed by atoms with Crippen LogP contribution >= 0.6 is 11.3 Å². The lowest BCUT2D eigenvalue weighted by Gasteiger charge is -2.26. The number of nitrogens with zero attached hydrogens (tertiary/aromatic N) is 2. The monoisotopic (exact) mass is 338 g/mol. The highest BCUT2D eigenvalue weighted by atomic mass is 32.1. The largest absolute Gasteiger partial charge is 0.379 e. The van der Waals surface area contributed by atoms with Crippen molar-refractivity contribution in [3.8, 4) is 0 Å². The molecular formula is C15H22N4O3S. The lowest BCUT2D eigenvalue weighted by atomic mass is 10.0. The van der Waals surface area contributed by atoms with E-state index in [2.05, 4.69) is 20.5 Å². The predicted molar refractivity (Wildman–Crippen MR) is 87.7 cm³/mol. The van der Waals surface area contributed by atoms with E-state index in [0.29, 0.717) is 11.7 Å². The maximum absolute atomic E-state index is 11.9. The number of aromatic nitrogens is 1. The number of carbonyl (C=O) groups excluding carboxylic acids is 2. The van der Waals surface area contributed by atoms with E-state index in [1.165, 1.54) is 22.6 Å². The molecule has 0 bridgehead atoms. The Bertz CT molecular complexity index is 546. The molecule has 126 valence electrons. The molecule has 3 rings (SSSR count). The average molecular weight is 338 g/mol. The Hall–Kier alpha value is -1.51. The molecule has 0 spiro atoms. The zero-order chi connectivity index (χ0) is 16.1. The number of hydrogen-bond acceptors (Lipinski definition) is 6. The van der Waals surface area contributed by atoms with Gasteiger partial charge in [-0.1, -0.05) is 0 Å². The van der Waals surface area contributed by atoms with E-state index < -0.39 is 11.8 Å². The lowest BCUT2D eigenvalue weighted by Crippen LogP contribution is -2.43. The third-order valence-corrected chi connectivity index (χ3v) is 5.16. The van der Waals surface area contributed by atoms with E-state index in [-0.39, 0.29) is 0 Å². The Morgan fingerprint density at radius 3 is 2.74 bits per heavy atom. The minimum absolute atomic E-state index is 0.459. The molecule has 0 radical (unpaired) electrons. The van der Waals surface area contributed by atoms with E-state index in [4.69, 9.17) is 4.74 Å². The summed E-state index contributed by atoms with van der Waals surface area (Å²) in [4.78, 5) is 31.6. The second-order valence-corrected chi connectivity index (χ2v) is 6.84. The minimum Gasteiger partial charge on any atom is -0.379 e. The normalized spacial score (nSPS) is 18.3. The van der Waals surface area contributed by atoms with Crippen molar-refractivity contribution in [3.05, 3.63) is 10.6 Å². The van der Waals surface area contributed by atoms with Crippen LogP contribution in [0.15, 0.2) is 0 Å². The summed E-state index contributed by atoms with van der Waals surface area (Å²) < 4.78 is 5.27. The van der Waals surface area contributed by atoms with Crippen molar-refractivity contribution in [1.29, 1.82) is 0 Å². The predicted octanol–water partition coefficient (Wildman–Crippen LogP) is 0.409. The molecule has 0 saturated carbocycles. The van der Waals surface area contributed by atoms with Crippen molar-refractivity contribution in [2.45, 2.75) is 25.7 Å². The molecular weight excluding hydrogens is 316 g/mol. The minimum atomic E-state index is -0.641. The van der Waals surface area contributed by atoms with Gasteiger partial charge in [-0.05, 0) is 25.7 Å². The second kappa shape index (κ2) is 7.85. The van der Waals surface area contributed by atoms with Gasteiger partial charge in [0, 0.05) is 31.1 Å². The highest BCUT2D eigenvalue weighted by molar-refractivity contribution is 7.16. The van der Waals surface area contributed by atoms with Crippen LogP contribution < -0.4 is 10.6 Å². The SMILES string of the molecule is O=C(NCCN1CCOCC1)C(=O)Nc1nc2c(s1)CCCC2. The summed E-state index contributed by atoms with van der Waals surface area (Å²) in [5, 5.41) is 5.80. The first-order chi connectivity index (χ1) is 11.2. The molecule has 1 saturated heterocycles. The van der Waals surface area contributed by atoms with Crippen molar-refractivity contribution in [3.63, 3.8) is 0 Å². The van der Waals surface area contributed by atoms with Crippen LogP contribution in [0.1, 0.15) is 23.4 Å². The number of rotatable bonds is 4. The molecule has 0 unspecified atom stereocenters. The Morgan fingerprint density at radius 1 is 1.17 bits per heavy atom. The number of nitrogens with one attached hydrogen (secondary N) is 2. The van der Waals surface area contributed by atoms with Gasteiger partial charge in [-0.2, -0.15) is 0 Å². The summed E-state index contributed by atoms with van der Waals surface area (Å²) >= 11 is 1.48. The van der Waals surface area contributed by atoms with Crippen molar-refractivity contribution in [2.24, 2.45) is 0 Å². The van der Waals surface area contributed by atoms with E-state index in [1.807, 2.05) is 0 Å². The number of thiazole rings is 1. The van der Waals surface area contributed by atoms with Gasteiger partial charge in [-0.3, -0.25) is 19.8 Å². The van der Waals surface area contributed by atoms with E-state index >= 15 is 0 Å². The molecule has 0 aromatic carbocycles. The summed E-state index contributed by atoms with van der Waals surface area (Å²) in [6.07, 6.45) is 4.30. The maximum atomic E-state index is 11.9. The molecule has 2 heterocycles. The van der Waals surface area contributed by atoms with Gasteiger partial charge in [0.2, 0.25) is 0 Å². The number of aryl methyl sites for hydroxylation is 2. The summed E-state index contributed by atoms with van der Waals surface area (Å²) in [7, 11) is 0. The van der Waals surface area contributed by atoms with Crippen LogP contribution in [0.4, 0.5) is 5.13 Å². The van der Waals surface area contributed by atoms with Crippen LogP contribution in [0.5, 0.6) is 0 Å². The lowest BCUT2D eigenvalue weighted by molar-refractivity contribution is -0.136. The Morgan fingerprint density at radius 2 is 1.96 bits per heavy atom. The second-order valence-electron chi connectivity index (χ2n) is 5.76. The van der Waals surface area contributed by atoms with Crippen molar-refractivity contribution >= 4 is 28.3 Å². The van der Waals surface area contributed by atoms with Gasteiger partial charge < -0.3 is 10.1 Å². The summed E-state index contributed by atoms with van der Waals surface area (Å²) in [6.45, 7) is 4.38. The standard InChI is InChI=1S/C15H22N4O3S/c20-13(16-5-6-19-7-9-22-10-8-19)14(21)18-15-17-11-3-1-2-4-12(11)23-15/h1-10H2,(H,16,20)(H,17,18,21). The fourth-order valence-electron chi connectivity index (χ4n) is 2.79. The van der Waals surface area contributed by atoms with Crippen molar-refractivity contribution in [1.82, 2.24) is 15.2 Å². The molecule has 1 fully saturated rings.